The van der Waals surface area contributed by atoms with Gasteiger partial charge in [0.1, 0.15) is 5.57 Å². The van der Waals surface area contributed by atoms with Gasteiger partial charge in [-0.1, -0.05) is 12.2 Å². The molecule has 2 amide bonds. The van der Waals surface area contributed by atoms with Gasteiger partial charge in [-0.25, -0.2) is 0 Å². The molecule has 78 valence electrons. The van der Waals surface area contributed by atoms with E-state index < -0.39 is 5.91 Å². The van der Waals surface area contributed by atoms with Crippen molar-refractivity contribution in [2.24, 2.45) is 0 Å². The van der Waals surface area contributed by atoms with Crippen molar-refractivity contribution in [2.45, 2.75) is 6.92 Å². The molecular weight excluding hydrogens is 180 g/mol. The molecule has 0 saturated heterocycles. The second kappa shape index (κ2) is 5.21. The average Bonchev–Trinajstić information content (AvgIpc) is 2.11. The molecule has 0 spiro atoms. The van der Waals surface area contributed by atoms with E-state index in [0.29, 0.717) is 5.57 Å². The molecule has 0 aliphatic heterocycles. The van der Waals surface area contributed by atoms with Gasteiger partial charge in [0.15, 0.2) is 0 Å². The fourth-order valence-electron chi connectivity index (χ4n) is 0.846. The molecular formula is C10H16N2O2. The van der Waals surface area contributed by atoms with Gasteiger partial charge in [0.05, 0.1) is 0 Å². The maximum absolute atomic E-state index is 11.5. The van der Waals surface area contributed by atoms with E-state index in [0.717, 1.165) is 0 Å². The number of hydrogen-bond donors (Lipinski definition) is 1. The number of likely N-dealkylation sites (N-methyl/N-ethyl adjacent to an activating group) is 2. The van der Waals surface area contributed by atoms with Crippen LogP contribution in [0, 0.1) is 0 Å². The summed E-state index contributed by atoms with van der Waals surface area (Å²) in [6.45, 7) is 5.35. The van der Waals surface area contributed by atoms with Crippen LogP contribution in [0.2, 0.25) is 0 Å². The standard InChI is InChI=1S/C10H16N2O2/c1-7(2)6-8(9(13)11-3)10(14)12(4)5/h6H,1H2,2-5H3,(H,11,13)/b8-6-. The highest BCUT2D eigenvalue weighted by Crippen LogP contribution is 2.03. The lowest BCUT2D eigenvalue weighted by molar-refractivity contribution is -0.128. The Morgan fingerprint density at radius 3 is 2.14 bits per heavy atom. The zero-order chi connectivity index (χ0) is 11.3. The predicted octanol–water partition coefficient (Wildman–Crippen LogP) is 0.323. The number of rotatable bonds is 3. The van der Waals surface area contributed by atoms with E-state index in [9.17, 15) is 9.59 Å². The molecule has 0 aromatic carbocycles. The second-order valence-corrected chi connectivity index (χ2v) is 3.18. The van der Waals surface area contributed by atoms with Crippen LogP contribution in [0.15, 0.2) is 23.8 Å². The van der Waals surface area contributed by atoms with Crippen LogP contribution >= 0.6 is 0 Å². The first-order valence-electron chi connectivity index (χ1n) is 4.21. The van der Waals surface area contributed by atoms with Crippen molar-refractivity contribution in [3.05, 3.63) is 23.8 Å². The van der Waals surface area contributed by atoms with Gasteiger partial charge in [0, 0.05) is 21.1 Å². The zero-order valence-corrected chi connectivity index (χ0v) is 9.05. The van der Waals surface area contributed by atoms with Crippen LogP contribution in [0.4, 0.5) is 0 Å². The van der Waals surface area contributed by atoms with Crippen molar-refractivity contribution in [1.29, 1.82) is 0 Å². The first-order chi connectivity index (χ1) is 6.40. The third kappa shape index (κ3) is 3.43. The topological polar surface area (TPSA) is 49.4 Å². The predicted molar refractivity (Wildman–Crippen MR) is 55.7 cm³/mol. The number of carbonyl (C=O) groups is 2. The van der Waals surface area contributed by atoms with Crippen molar-refractivity contribution < 1.29 is 9.59 Å². The number of nitrogens with one attached hydrogen (secondary N) is 1. The summed E-state index contributed by atoms with van der Waals surface area (Å²) in [7, 11) is 4.67. The van der Waals surface area contributed by atoms with Crippen molar-refractivity contribution in [2.75, 3.05) is 21.1 Å². The van der Waals surface area contributed by atoms with Crippen LogP contribution in [0.1, 0.15) is 6.92 Å². The van der Waals surface area contributed by atoms with Gasteiger partial charge in [-0.15, -0.1) is 0 Å². The van der Waals surface area contributed by atoms with E-state index in [1.165, 1.54) is 18.0 Å². The van der Waals surface area contributed by atoms with Crippen LogP contribution in [-0.4, -0.2) is 37.9 Å². The number of amides is 2. The molecule has 0 aromatic heterocycles. The SMILES string of the molecule is C=C(C)/C=C(/C(=O)NC)C(=O)N(C)C. The van der Waals surface area contributed by atoms with E-state index >= 15 is 0 Å². The van der Waals surface area contributed by atoms with Gasteiger partial charge < -0.3 is 10.2 Å². The lowest BCUT2D eigenvalue weighted by atomic mass is 10.1. The Balaban J connectivity index is 5.02. The monoisotopic (exact) mass is 196 g/mol. The van der Waals surface area contributed by atoms with Crippen molar-refractivity contribution in [3.63, 3.8) is 0 Å². The number of hydrogen-bond acceptors (Lipinski definition) is 2. The number of nitrogens with zero attached hydrogens (tertiary/aromatic N) is 1. The first kappa shape index (κ1) is 12.4. The van der Waals surface area contributed by atoms with E-state index in [2.05, 4.69) is 11.9 Å². The molecule has 0 aromatic rings. The maximum atomic E-state index is 11.5. The Morgan fingerprint density at radius 1 is 1.36 bits per heavy atom. The Hall–Kier alpha value is -1.58. The lowest BCUT2D eigenvalue weighted by Crippen LogP contribution is -2.32. The summed E-state index contributed by atoms with van der Waals surface area (Å²) in [6.07, 6.45) is 1.47. The average molecular weight is 196 g/mol. The van der Waals surface area contributed by atoms with Gasteiger partial charge >= 0.3 is 0 Å². The molecule has 4 nitrogen and oxygen atoms in total. The zero-order valence-electron chi connectivity index (χ0n) is 9.05. The molecule has 0 aliphatic rings. The van der Waals surface area contributed by atoms with Crippen molar-refractivity contribution in [3.8, 4) is 0 Å². The highest BCUT2D eigenvalue weighted by atomic mass is 16.2. The molecule has 0 aliphatic carbocycles. The third-order valence-corrected chi connectivity index (χ3v) is 1.50. The first-order valence-corrected chi connectivity index (χ1v) is 4.21. The summed E-state index contributed by atoms with van der Waals surface area (Å²) >= 11 is 0. The highest BCUT2D eigenvalue weighted by molar-refractivity contribution is 6.18. The highest BCUT2D eigenvalue weighted by Gasteiger charge is 2.18. The molecule has 0 saturated carbocycles. The van der Waals surface area contributed by atoms with E-state index in [1.807, 2.05) is 0 Å². The minimum Gasteiger partial charge on any atom is -0.355 e. The Bertz CT molecular complexity index is 290. The molecule has 0 fully saturated rings. The summed E-state index contributed by atoms with van der Waals surface area (Å²) in [5.41, 5.74) is 0.767. The van der Waals surface area contributed by atoms with Gasteiger partial charge in [-0.3, -0.25) is 9.59 Å². The summed E-state index contributed by atoms with van der Waals surface area (Å²) < 4.78 is 0. The summed E-state index contributed by atoms with van der Waals surface area (Å²) in [6, 6.07) is 0. The van der Waals surface area contributed by atoms with E-state index in [4.69, 9.17) is 0 Å². The Kier molecular flexibility index (Phi) is 4.63. The summed E-state index contributed by atoms with van der Waals surface area (Å²) in [4.78, 5) is 24.2. The minimum atomic E-state index is -0.397. The van der Waals surface area contributed by atoms with E-state index in [-0.39, 0.29) is 11.5 Å². The lowest BCUT2D eigenvalue weighted by Gasteiger charge is -2.12. The van der Waals surface area contributed by atoms with Gasteiger partial charge in [0.2, 0.25) is 0 Å². The molecule has 0 radical (unpaired) electrons. The third-order valence-electron chi connectivity index (χ3n) is 1.50. The normalized spacial score (nSPS) is 10.7. The van der Waals surface area contributed by atoms with Crippen LogP contribution in [-0.2, 0) is 9.59 Å². The largest absolute Gasteiger partial charge is 0.355 e. The Labute approximate surface area is 84.3 Å². The van der Waals surface area contributed by atoms with E-state index in [1.54, 1.807) is 21.0 Å². The Morgan fingerprint density at radius 2 is 1.86 bits per heavy atom. The van der Waals surface area contributed by atoms with Crippen LogP contribution in [0.5, 0.6) is 0 Å². The van der Waals surface area contributed by atoms with Crippen LogP contribution < -0.4 is 5.32 Å². The molecule has 14 heavy (non-hydrogen) atoms. The molecule has 0 bridgehead atoms. The number of carbonyl (C=O) groups excluding carboxylic acids is 2. The van der Waals surface area contributed by atoms with Gasteiger partial charge in [-0.05, 0) is 13.0 Å². The maximum Gasteiger partial charge on any atom is 0.258 e. The van der Waals surface area contributed by atoms with Crippen LogP contribution in [0.3, 0.4) is 0 Å². The summed E-state index contributed by atoms with van der Waals surface area (Å²) in [5.74, 6) is -0.723. The molecule has 0 rings (SSSR count). The van der Waals surface area contributed by atoms with Gasteiger partial charge in [0.25, 0.3) is 11.8 Å². The summed E-state index contributed by atoms with van der Waals surface area (Å²) in [5, 5.41) is 2.41. The molecule has 0 atom stereocenters. The van der Waals surface area contributed by atoms with Crippen LogP contribution in [0.25, 0.3) is 0 Å². The van der Waals surface area contributed by atoms with Crippen molar-refractivity contribution in [1.82, 2.24) is 10.2 Å². The number of allylic oxidation sites excluding steroid dienone is 2. The quantitative estimate of drug-likeness (QED) is 0.306. The second-order valence-electron chi connectivity index (χ2n) is 3.18. The molecule has 1 N–H and O–H groups in total. The fourth-order valence-corrected chi connectivity index (χ4v) is 0.846. The molecule has 0 heterocycles. The van der Waals surface area contributed by atoms with Gasteiger partial charge in [-0.2, -0.15) is 0 Å². The van der Waals surface area contributed by atoms with Crippen molar-refractivity contribution >= 4 is 11.8 Å². The fraction of sp³-hybridized carbons (Fsp3) is 0.400. The minimum absolute atomic E-state index is 0.102. The molecule has 4 heteroatoms. The molecule has 0 unspecified atom stereocenters. The smallest absolute Gasteiger partial charge is 0.258 e.